The summed E-state index contributed by atoms with van der Waals surface area (Å²) in [6.07, 6.45) is 0. The molecule has 0 aliphatic rings. The molecule has 8 heteroatoms. The highest BCUT2D eigenvalue weighted by Crippen LogP contribution is 2.22. The molecule has 0 bridgehead atoms. The number of nitrogens with one attached hydrogen (secondary N) is 1. The molecule has 0 saturated carbocycles. The van der Waals surface area contributed by atoms with E-state index in [1.54, 1.807) is 0 Å². The number of hydrogen-bond donors (Lipinski definition) is 2. The van der Waals surface area contributed by atoms with Crippen molar-refractivity contribution >= 4 is 32.9 Å². The van der Waals surface area contributed by atoms with Gasteiger partial charge in [-0.3, -0.25) is 10.1 Å². The third kappa shape index (κ3) is 3.76. The Labute approximate surface area is 151 Å². The van der Waals surface area contributed by atoms with Crippen LogP contribution < -0.4 is 10.5 Å². The Morgan fingerprint density at radius 3 is 2.42 bits per heavy atom. The lowest BCUT2D eigenvalue weighted by Crippen LogP contribution is -2.18. The average Bonchev–Trinajstić information content (AvgIpc) is 2.91. The Morgan fingerprint density at radius 1 is 1.15 bits per heavy atom. The number of fused-ring (bicyclic) bond motifs is 1. The molecule has 26 heavy (non-hydrogen) atoms. The first kappa shape index (κ1) is 18.1. The lowest BCUT2D eigenvalue weighted by molar-refractivity contribution is 0.102. The molecular formula is C18H20N4O3S. The van der Waals surface area contributed by atoms with Gasteiger partial charge in [0.2, 0.25) is 16.0 Å². The minimum absolute atomic E-state index is 0.0407. The summed E-state index contributed by atoms with van der Waals surface area (Å²) >= 11 is 0. The SMILES string of the molecule is CC(C)Cn1c(NC(=O)c2ccc(S(N)(=O)=O)cc2)nc2ccccc21. The number of aromatic nitrogens is 2. The van der Waals surface area contributed by atoms with Crippen molar-refractivity contribution in [3.05, 3.63) is 54.1 Å². The quantitative estimate of drug-likeness (QED) is 0.718. The Hall–Kier alpha value is -2.71. The molecule has 136 valence electrons. The van der Waals surface area contributed by atoms with Crippen LogP contribution in [0.5, 0.6) is 0 Å². The van der Waals surface area contributed by atoms with Crippen LogP contribution in [0.15, 0.2) is 53.4 Å². The number of benzene rings is 2. The second kappa shape index (κ2) is 6.89. The predicted octanol–water partition coefficient (Wildman–Crippen LogP) is 2.59. The fourth-order valence-corrected chi connectivity index (χ4v) is 3.21. The number of nitrogens with zero attached hydrogens (tertiary/aromatic N) is 2. The van der Waals surface area contributed by atoms with Gasteiger partial charge in [0.15, 0.2) is 0 Å². The zero-order valence-corrected chi connectivity index (χ0v) is 15.3. The Balaban J connectivity index is 1.91. The predicted molar refractivity (Wildman–Crippen MR) is 100 cm³/mol. The summed E-state index contributed by atoms with van der Waals surface area (Å²) in [4.78, 5) is 17.0. The van der Waals surface area contributed by atoms with E-state index in [2.05, 4.69) is 24.1 Å². The minimum atomic E-state index is -3.79. The molecule has 3 N–H and O–H groups in total. The van der Waals surface area contributed by atoms with Crippen LogP contribution in [-0.4, -0.2) is 23.9 Å². The minimum Gasteiger partial charge on any atom is -0.310 e. The van der Waals surface area contributed by atoms with Gasteiger partial charge in [0.1, 0.15) is 0 Å². The molecule has 0 unspecified atom stereocenters. The van der Waals surface area contributed by atoms with Gasteiger partial charge in [-0.05, 0) is 42.3 Å². The van der Waals surface area contributed by atoms with Crippen molar-refractivity contribution in [2.24, 2.45) is 11.1 Å². The van der Waals surface area contributed by atoms with E-state index in [1.165, 1.54) is 24.3 Å². The molecule has 0 atom stereocenters. The van der Waals surface area contributed by atoms with Crippen LogP contribution in [0.2, 0.25) is 0 Å². The standard InChI is InChI=1S/C18H20N4O3S/c1-12(2)11-22-16-6-4-3-5-15(16)20-18(22)21-17(23)13-7-9-14(10-8-13)26(19,24)25/h3-10,12H,11H2,1-2H3,(H2,19,24,25)(H,20,21,23). The number of primary sulfonamides is 1. The Bertz CT molecular complexity index is 1050. The summed E-state index contributed by atoms with van der Waals surface area (Å²) in [5, 5.41) is 7.89. The van der Waals surface area contributed by atoms with Crippen molar-refractivity contribution in [3.8, 4) is 0 Å². The first-order chi connectivity index (χ1) is 12.3. The van der Waals surface area contributed by atoms with Gasteiger partial charge < -0.3 is 4.57 Å². The highest BCUT2D eigenvalue weighted by atomic mass is 32.2. The highest BCUT2D eigenvalue weighted by molar-refractivity contribution is 7.89. The van der Waals surface area contributed by atoms with E-state index >= 15 is 0 Å². The zero-order chi connectivity index (χ0) is 18.9. The normalized spacial score (nSPS) is 11.8. The van der Waals surface area contributed by atoms with E-state index < -0.39 is 10.0 Å². The number of hydrogen-bond acceptors (Lipinski definition) is 4. The summed E-state index contributed by atoms with van der Waals surface area (Å²) in [5.41, 5.74) is 2.06. The largest absolute Gasteiger partial charge is 0.310 e. The van der Waals surface area contributed by atoms with Crippen molar-refractivity contribution < 1.29 is 13.2 Å². The highest BCUT2D eigenvalue weighted by Gasteiger charge is 2.16. The lowest BCUT2D eigenvalue weighted by Gasteiger charge is -2.12. The van der Waals surface area contributed by atoms with E-state index in [-0.39, 0.29) is 10.8 Å². The van der Waals surface area contributed by atoms with Crippen LogP contribution in [0.3, 0.4) is 0 Å². The van der Waals surface area contributed by atoms with Crippen molar-refractivity contribution in [2.45, 2.75) is 25.3 Å². The van der Waals surface area contributed by atoms with Crippen molar-refractivity contribution in [3.63, 3.8) is 0 Å². The van der Waals surface area contributed by atoms with Crippen LogP contribution in [0, 0.1) is 5.92 Å². The molecule has 2 aromatic carbocycles. The summed E-state index contributed by atoms with van der Waals surface area (Å²) < 4.78 is 24.6. The van der Waals surface area contributed by atoms with Gasteiger partial charge in [0.25, 0.3) is 5.91 Å². The summed E-state index contributed by atoms with van der Waals surface area (Å²) in [7, 11) is -3.79. The molecule has 0 spiro atoms. The molecule has 1 heterocycles. The third-order valence-corrected chi connectivity index (χ3v) is 4.80. The van der Waals surface area contributed by atoms with E-state index in [0.717, 1.165) is 11.0 Å². The number of anilines is 1. The van der Waals surface area contributed by atoms with Crippen molar-refractivity contribution in [1.29, 1.82) is 0 Å². The first-order valence-electron chi connectivity index (χ1n) is 8.15. The maximum atomic E-state index is 12.5. The number of rotatable bonds is 5. The van der Waals surface area contributed by atoms with E-state index in [0.29, 0.717) is 24.0 Å². The van der Waals surface area contributed by atoms with Gasteiger partial charge in [-0.25, -0.2) is 18.5 Å². The topological polar surface area (TPSA) is 107 Å². The van der Waals surface area contributed by atoms with Crippen LogP contribution >= 0.6 is 0 Å². The number of nitrogens with two attached hydrogens (primary N) is 1. The van der Waals surface area contributed by atoms with Crippen LogP contribution in [0.4, 0.5) is 5.95 Å². The maximum Gasteiger partial charge on any atom is 0.257 e. The zero-order valence-electron chi connectivity index (χ0n) is 14.5. The molecule has 0 aliphatic carbocycles. The smallest absolute Gasteiger partial charge is 0.257 e. The number of imidazole rings is 1. The molecule has 3 aromatic rings. The van der Waals surface area contributed by atoms with Gasteiger partial charge >= 0.3 is 0 Å². The molecule has 1 amide bonds. The molecule has 0 radical (unpaired) electrons. The van der Waals surface area contributed by atoms with E-state index in [1.807, 2.05) is 28.8 Å². The van der Waals surface area contributed by atoms with Gasteiger partial charge in [-0.2, -0.15) is 0 Å². The lowest BCUT2D eigenvalue weighted by atomic mass is 10.2. The van der Waals surface area contributed by atoms with Gasteiger partial charge in [0.05, 0.1) is 15.9 Å². The molecule has 1 aromatic heterocycles. The van der Waals surface area contributed by atoms with Crippen LogP contribution in [0.1, 0.15) is 24.2 Å². The Kier molecular flexibility index (Phi) is 4.80. The van der Waals surface area contributed by atoms with E-state index in [9.17, 15) is 13.2 Å². The molecule has 0 saturated heterocycles. The van der Waals surface area contributed by atoms with Crippen LogP contribution in [0.25, 0.3) is 11.0 Å². The second-order valence-corrected chi connectivity index (χ2v) is 8.01. The Morgan fingerprint density at radius 2 is 1.81 bits per heavy atom. The molecular weight excluding hydrogens is 352 g/mol. The molecule has 7 nitrogen and oxygen atoms in total. The number of sulfonamides is 1. The average molecular weight is 372 g/mol. The fraction of sp³-hybridized carbons (Fsp3) is 0.222. The first-order valence-corrected chi connectivity index (χ1v) is 9.70. The molecule has 3 rings (SSSR count). The summed E-state index contributed by atoms with van der Waals surface area (Å²) in [5.74, 6) is 0.462. The number of amides is 1. The van der Waals surface area contributed by atoms with Crippen molar-refractivity contribution in [1.82, 2.24) is 9.55 Å². The number of para-hydroxylation sites is 2. The third-order valence-electron chi connectivity index (χ3n) is 3.87. The van der Waals surface area contributed by atoms with Crippen molar-refractivity contribution in [2.75, 3.05) is 5.32 Å². The summed E-state index contributed by atoms with van der Waals surface area (Å²) in [6, 6.07) is 13.1. The summed E-state index contributed by atoms with van der Waals surface area (Å²) in [6.45, 7) is 4.89. The molecule has 0 fully saturated rings. The fourth-order valence-electron chi connectivity index (χ4n) is 2.69. The van der Waals surface area contributed by atoms with Gasteiger partial charge in [0, 0.05) is 12.1 Å². The number of carbonyl (C=O) groups is 1. The van der Waals surface area contributed by atoms with E-state index in [4.69, 9.17) is 5.14 Å². The van der Waals surface area contributed by atoms with Gasteiger partial charge in [-0.15, -0.1) is 0 Å². The molecule has 0 aliphatic heterocycles. The second-order valence-electron chi connectivity index (χ2n) is 6.45. The van der Waals surface area contributed by atoms with Gasteiger partial charge in [-0.1, -0.05) is 26.0 Å². The van der Waals surface area contributed by atoms with Crippen LogP contribution in [-0.2, 0) is 16.6 Å². The maximum absolute atomic E-state index is 12.5. The monoisotopic (exact) mass is 372 g/mol. The number of carbonyl (C=O) groups excluding carboxylic acids is 1.